The fourth-order valence-corrected chi connectivity index (χ4v) is 4.24. The van der Waals surface area contributed by atoms with Gasteiger partial charge in [-0.05, 0) is 68.2 Å². The van der Waals surface area contributed by atoms with Gasteiger partial charge in [-0.3, -0.25) is 4.90 Å². The van der Waals surface area contributed by atoms with Crippen molar-refractivity contribution >= 4 is 23.0 Å². The van der Waals surface area contributed by atoms with Gasteiger partial charge in [-0.15, -0.1) is 0 Å². The minimum absolute atomic E-state index is 0.218. The van der Waals surface area contributed by atoms with Crippen LogP contribution in [0.3, 0.4) is 0 Å². The van der Waals surface area contributed by atoms with Gasteiger partial charge in [-0.1, -0.05) is 29.8 Å². The van der Waals surface area contributed by atoms with Crippen molar-refractivity contribution in [2.24, 2.45) is 0 Å². The minimum atomic E-state index is -0.218. The number of ether oxygens (including phenoxy) is 1. The maximum absolute atomic E-state index is 13.7. The Morgan fingerprint density at radius 1 is 1.13 bits per heavy atom. The Bertz CT molecular complexity index is 844. The number of nitrogens with zero attached hydrogens (tertiary/aromatic N) is 2. The highest BCUT2D eigenvalue weighted by molar-refractivity contribution is 7.80. The van der Waals surface area contributed by atoms with E-state index in [2.05, 4.69) is 48.0 Å². The van der Waals surface area contributed by atoms with Crippen LogP contribution in [0.15, 0.2) is 36.4 Å². The second kappa shape index (κ2) is 10.8. The molecule has 0 bridgehead atoms. The topological polar surface area (TPSA) is 27.7 Å². The molecule has 4 nitrogen and oxygen atoms in total. The second-order valence-corrected chi connectivity index (χ2v) is 8.45. The number of thiocarbonyl (C=S) groups is 1. The first kappa shape index (κ1) is 22.7. The lowest BCUT2D eigenvalue weighted by atomic mass is 10.1. The van der Waals surface area contributed by atoms with Gasteiger partial charge >= 0.3 is 0 Å². The zero-order chi connectivity index (χ0) is 21.5. The van der Waals surface area contributed by atoms with E-state index in [9.17, 15) is 4.39 Å². The number of benzene rings is 2. The van der Waals surface area contributed by atoms with E-state index in [1.807, 2.05) is 6.07 Å². The fourth-order valence-electron chi connectivity index (χ4n) is 3.98. The summed E-state index contributed by atoms with van der Waals surface area (Å²) < 4.78 is 19.2. The Morgan fingerprint density at radius 3 is 2.50 bits per heavy atom. The molecule has 1 aliphatic rings. The highest BCUT2D eigenvalue weighted by Gasteiger charge is 2.15. The van der Waals surface area contributed by atoms with Crippen molar-refractivity contribution in [2.75, 3.05) is 44.7 Å². The van der Waals surface area contributed by atoms with E-state index < -0.39 is 0 Å². The van der Waals surface area contributed by atoms with Crippen LogP contribution in [0.4, 0.5) is 10.1 Å². The molecule has 2 aromatic rings. The van der Waals surface area contributed by atoms with Gasteiger partial charge in [0, 0.05) is 38.4 Å². The van der Waals surface area contributed by atoms with Gasteiger partial charge in [0.15, 0.2) is 5.11 Å². The van der Waals surface area contributed by atoms with Gasteiger partial charge in [0.25, 0.3) is 0 Å². The molecule has 6 heteroatoms. The van der Waals surface area contributed by atoms with Crippen LogP contribution in [0.25, 0.3) is 0 Å². The van der Waals surface area contributed by atoms with Gasteiger partial charge < -0.3 is 15.0 Å². The Labute approximate surface area is 185 Å². The summed E-state index contributed by atoms with van der Waals surface area (Å²) in [5.41, 5.74) is 5.57. The molecule has 0 saturated carbocycles. The molecule has 0 amide bonds. The molecule has 1 N–H and O–H groups in total. The van der Waals surface area contributed by atoms with Crippen LogP contribution in [0.2, 0.25) is 0 Å². The zero-order valence-electron chi connectivity index (χ0n) is 18.2. The van der Waals surface area contributed by atoms with Crippen molar-refractivity contribution in [3.8, 4) is 0 Å². The van der Waals surface area contributed by atoms with Crippen LogP contribution in [0, 0.1) is 26.6 Å². The number of anilines is 1. The van der Waals surface area contributed by atoms with Gasteiger partial charge in [0.05, 0.1) is 13.2 Å². The Balaban J connectivity index is 1.69. The van der Waals surface area contributed by atoms with E-state index in [-0.39, 0.29) is 5.82 Å². The first-order valence-electron chi connectivity index (χ1n) is 10.6. The highest BCUT2D eigenvalue weighted by Crippen LogP contribution is 2.23. The van der Waals surface area contributed by atoms with Crippen LogP contribution in [-0.4, -0.2) is 54.3 Å². The van der Waals surface area contributed by atoms with Crippen LogP contribution in [0.5, 0.6) is 0 Å². The van der Waals surface area contributed by atoms with Crippen molar-refractivity contribution in [1.82, 2.24) is 9.80 Å². The molecule has 2 aromatic carbocycles. The average molecular weight is 430 g/mol. The summed E-state index contributed by atoms with van der Waals surface area (Å²) in [6, 6.07) is 11.1. The molecule has 1 aliphatic heterocycles. The summed E-state index contributed by atoms with van der Waals surface area (Å²) in [5.74, 6) is -0.218. The molecular formula is C24H32FN3OS. The van der Waals surface area contributed by atoms with Crippen LogP contribution in [0.1, 0.15) is 28.7 Å². The second-order valence-electron chi connectivity index (χ2n) is 8.06. The van der Waals surface area contributed by atoms with Crippen molar-refractivity contribution in [3.05, 3.63) is 64.5 Å². The Morgan fingerprint density at radius 2 is 1.83 bits per heavy atom. The molecule has 0 aliphatic carbocycles. The summed E-state index contributed by atoms with van der Waals surface area (Å²) in [5, 5.41) is 4.14. The minimum Gasteiger partial charge on any atom is -0.379 e. The molecule has 162 valence electrons. The number of aryl methyl sites for hydroxylation is 3. The fraction of sp³-hybridized carbons (Fsp3) is 0.458. The predicted octanol–water partition coefficient (Wildman–Crippen LogP) is 4.67. The third kappa shape index (κ3) is 6.49. The van der Waals surface area contributed by atoms with Crippen molar-refractivity contribution in [3.63, 3.8) is 0 Å². The van der Waals surface area contributed by atoms with Crippen molar-refractivity contribution < 1.29 is 9.13 Å². The summed E-state index contributed by atoms with van der Waals surface area (Å²) >= 11 is 5.80. The number of nitrogens with one attached hydrogen (secondary N) is 1. The van der Waals surface area contributed by atoms with Crippen LogP contribution in [-0.2, 0) is 11.3 Å². The third-order valence-corrected chi connectivity index (χ3v) is 5.82. The lowest BCUT2D eigenvalue weighted by Crippen LogP contribution is -2.40. The molecule has 30 heavy (non-hydrogen) atoms. The average Bonchev–Trinajstić information content (AvgIpc) is 2.70. The lowest BCUT2D eigenvalue weighted by Gasteiger charge is -2.30. The third-order valence-electron chi connectivity index (χ3n) is 5.46. The van der Waals surface area contributed by atoms with E-state index in [4.69, 9.17) is 17.0 Å². The highest BCUT2D eigenvalue weighted by atomic mass is 32.1. The number of rotatable bonds is 7. The smallest absolute Gasteiger partial charge is 0.173 e. The summed E-state index contributed by atoms with van der Waals surface area (Å²) in [6.45, 7) is 12.3. The number of hydrogen-bond donors (Lipinski definition) is 1. The number of hydrogen-bond acceptors (Lipinski definition) is 3. The van der Waals surface area contributed by atoms with Crippen molar-refractivity contribution in [2.45, 2.75) is 33.7 Å². The van der Waals surface area contributed by atoms with Crippen LogP contribution < -0.4 is 5.32 Å². The predicted molar refractivity (Wildman–Crippen MR) is 126 cm³/mol. The normalized spacial score (nSPS) is 14.5. The standard InChI is InChI=1S/C24H32FN3OS/c1-18-14-19(2)23(20(3)15-18)26-24(30)28(17-21-6-4-7-22(25)16-21)9-5-8-27-10-12-29-13-11-27/h4,6-7,14-16H,5,8-13,17H2,1-3H3,(H,26,30). The van der Waals surface area contributed by atoms with E-state index >= 15 is 0 Å². The van der Waals surface area contributed by atoms with E-state index in [0.29, 0.717) is 11.7 Å². The molecule has 1 saturated heterocycles. The SMILES string of the molecule is Cc1cc(C)c(NC(=S)N(CCCN2CCOCC2)Cc2cccc(F)c2)c(C)c1. The number of morpholine rings is 1. The first-order valence-corrected chi connectivity index (χ1v) is 11.0. The molecule has 0 aromatic heterocycles. The van der Waals surface area contributed by atoms with Gasteiger partial charge in [0.2, 0.25) is 0 Å². The lowest BCUT2D eigenvalue weighted by molar-refractivity contribution is 0.0368. The Kier molecular flexibility index (Phi) is 8.19. The quantitative estimate of drug-likeness (QED) is 0.646. The van der Waals surface area contributed by atoms with Crippen molar-refractivity contribution in [1.29, 1.82) is 0 Å². The molecule has 0 radical (unpaired) electrons. The zero-order valence-corrected chi connectivity index (χ0v) is 19.0. The van der Waals surface area contributed by atoms with Gasteiger partial charge in [0.1, 0.15) is 5.82 Å². The summed E-state index contributed by atoms with van der Waals surface area (Å²) in [7, 11) is 0. The van der Waals surface area contributed by atoms with Gasteiger partial charge in [-0.2, -0.15) is 0 Å². The van der Waals surface area contributed by atoms with Crippen LogP contribution >= 0.6 is 12.2 Å². The Hall–Kier alpha value is -2.02. The maximum Gasteiger partial charge on any atom is 0.173 e. The van der Waals surface area contributed by atoms with E-state index in [0.717, 1.165) is 57.1 Å². The molecule has 0 atom stereocenters. The number of halogens is 1. The molecule has 0 spiro atoms. The van der Waals surface area contributed by atoms with Gasteiger partial charge in [-0.25, -0.2) is 4.39 Å². The monoisotopic (exact) mass is 429 g/mol. The molecule has 1 fully saturated rings. The maximum atomic E-state index is 13.7. The largest absolute Gasteiger partial charge is 0.379 e. The summed E-state index contributed by atoms with van der Waals surface area (Å²) in [4.78, 5) is 4.57. The molecule has 0 unspecified atom stereocenters. The van der Waals surface area contributed by atoms with E-state index in [1.165, 1.54) is 22.8 Å². The first-order chi connectivity index (χ1) is 14.4. The summed E-state index contributed by atoms with van der Waals surface area (Å²) in [6.07, 6.45) is 0.989. The molecule has 3 rings (SSSR count). The van der Waals surface area contributed by atoms with E-state index in [1.54, 1.807) is 12.1 Å². The molecule has 1 heterocycles. The molecular weight excluding hydrogens is 397 g/mol.